The molecule has 3 N–H and O–H groups in total. The van der Waals surface area contributed by atoms with Gasteiger partial charge in [0.15, 0.2) is 0 Å². The summed E-state index contributed by atoms with van der Waals surface area (Å²) in [6, 6.07) is 12.1. The van der Waals surface area contributed by atoms with Crippen LogP contribution in [-0.2, 0) is 0 Å². The van der Waals surface area contributed by atoms with Crippen molar-refractivity contribution in [1.82, 2.24) is 29.9 Å². The van der Waals surface area contributed by atoms with E-state index in [1.165, 1.54) is 8.96 Å². The van der Waals surface area contributed by atoms with E-state index in [0.29, 0.717) is 0 Å². The Bertz CT molecular complexity index is 1910. The first-order valence-corrected chi connectivity index (χ1v) is 21.4. The van der Waals surface area contributed by atoms with Crippen molar-refractivity contribution in [3.05, 3.63) is 88.3 Å². The van der Waals surface area contributed by atoms with Crippen molar-refractivity contribution < 1.29 is 0 Å². The Morgan fingerprint density at radius 1 is 0.643 bits per heavy atom. The smallest absolute Gasteiger partial charge is 0.137 e. The lowest BCUT2D eigenvalue weighted by atomic mass is 10.2. The number of H-pyrrole nitrogens is 3. The van der Waals surface area contributed by atoms with Gasteiger partial charge in [-0.05, 0) is 59.0 Å². The molecule has 0 aliphatic heterocycles. The lowest BCUT2D eigenvalue weighted by Crippen LogP contribution is -2.16. The molecule has 0 saturated heterocycles. The molecule has 9 heteroatoms. The first-order chi connectivity index (χ1) is 19.9. The summed E-state index contributed by atoms with van der Waals surface area (Å²) in [7, 11) is -2.39. The average Bonchev–Trinajstić information content (AvgIpc) is 3.72. The highest BCUT2D eigenvalue weighted by molar-refractivity contribution is 14.1. The Balaban J connectivity index is 0.000000161. The molecule has 0 spiro atoms. The molecule has 6 nitrogen and oxygen atoms in total. The topological polar surface area (TPSA) is 86.0 Å². The Labute approximate surface area is 263 Å². The highest BCUT2D eigenvalue weighted by Gasteiger charge is 2.07. The second-order valence-electron chi connectivity index (χ2n) is 11.4. The zero-order valence-electron chi connectivity index (χ0n) is 24.8. The van der Waals surface area contributed by atoms with Gasteiger partial charge in [-0.3, -0.25) is 0 Å². The van der Waals surface area contributed by atoms with E-state index in [1.807, 2.05) is 55.2 Å². The summed E-state index contributed by atoms with van der Waals surface area (Å²) < 4.78 is 1.17. The molecule has 0 aliphatic rings. The number of nitrogens with zero attached hydrogens (tertiary/aromatic N) is 3. The molecule has 6 heterocycles. The zero-order valence-corrected chi connectivity index (χ0v) is 29.0. The Hall–Kier alpha value is -4.09. The molecule has 0 amide bonds. The molecule has 0 radical (unpaired) electrons. The minimum absolute atomic E-state index is 0.817. The average molecular weight is 699 g/mol. The monoisotopic (exact) mass is 698 g/mol. The fourth-order valence-corrected chi connectivity index (χ4v) is 4.19. The van der Waals surface area contributed by atoms with Gasteiger partial charge in [-0.15, -0.1) is 23.9 Å². The summed E-state index contributed by atoms with van der Waals surface area (Å²) in [5.74, 6) is 5.73. The molecule has 0 fully saturated rings. The molecule has 212 valence electrons. The Kier molecular flexibility index (Phi) is 11.3. The minimum atomic E-state index is -1.29. The van der Waals surface area contributed by atoms with E-state index in [0.717, 1.165) is 38.8 Å². The van der Waals surface area contributed by atoms with E-state index < -0.39 is 16.1 Å². The van der Waals surface area contributed by atoms with Crippen molar-refractivity contribution in [1.29, 1.82) is 0 Å². The maximum absolute atomic E-state index is 5.21. The van der Waals surface area contributed by atoms with E-state index in [2.05, 4.69) is 127 Å². The number of pyridine rings is 3. The molecule has 42 heavy (non-hydrogen) atoms. The van der Waals surface area contributed by atoms with Gasteiger partial charge in [0.1, 0.15) is 33.1 Å². The third-order valence-electron chi connectivity index (χ3n) is 5.35. The zero-order chi connectivity index (χ0) is 30.8. The van der Waals surface area contributed by atoms with Crippen LogP contribution in [-0.4, -0.2) is 46.1 Å². The first kappa shape index (κ1) is 32.4. The largest absolute Gasteiger partial charge is 0.346 e. The quantitative estimate of drug-likeness (QED) is 0.0854. The molecule has 0 bridgehead atoms. The summed E-state index contributed by atoms with van der Waals surface area (Å²) in [5.41, 5.74) is 10.7. The highest BCUT2D eigenvalue weighted by Crippen LogP contribution is 2.13. The number of terminal acetylenes is 2. The van der Waals surface area contributed by atoms with Crippen LogP contribution in [0.5, 0.6) is 0 Å². The number of halogens is 1. The lowest BCUT2D eigenvalue weighted by molar-refractivity contribution is 1.31. The van der Waals surface area contributed by atoms with Gasteiger partial charge in [0.05, 0.1) is 0 Å². The number of hydrogen-bond acceptors (Lipinski definition) is 3. The number of aromatic amines is 3. The molecule has 0 unspecified atom stereocenters. The van der Waals surface area contributed by atoms with Crippen molar-refractivity contribution in [2.45, 2.75) is 39.3 Å². The van der Waals surface area contributed by atoms with Crippen LogP contribution in [0.3, 0.4) is 0 Å². The molecule has 0 aromatic carbocycles. The summed E-state index contributed by atoms with van der Waals surface area (Å²) >= 11 is 2.25. The third kappa shape index (κ3) is 10.7. The van der Waals surface area contributed by atoms with E-state index in [4.69, 9.17) is 12.8 Å². The third-order valence-corrected chi connectivity index (χ3v) is 7.68. The van der Waals surface area contributed by atoms with E-state index in [9.17, 15) is 0 Å². The maximum Gasteiger partial charge on any atom is 0.137 e. The van der Waals surface area contributed by atoms with Crippen LogP contribution in [0.2, 0.25) is 39.3 Å². The lowest BCUT2D eigenvalue weighted by Gasteiger charge is -2.03. The Morgan fingerprint density at radius 2 is 1.07 bits per heavy atom. The number of fused-ring (bicyclic) bond motifs is 3. The molecular weight excluding hydrogens is 663 g/mol. The number of aromatic nitrogens is 6. The van der Waals surface area contributed by atoms with Crippen LogP contribution < -0.4 is 0 Å². The van der Waals surface area contributed by atoms with Crippen LogP contribution >= 0.6 is 22.6 Å². The predicted molar refractivity (Wildman–Crippen MR) is 191 cm³/mol. The minimum Gasteiger partial charge on any atom is -0.346 e. The van der Waals surface area contributed by atoms with Gasteiger partial charge in [-0.25, -0.2) is 15.0 Å². The molecule has 0 saturated carbocycles. The van der Waals surface area contributed by atoms with Gasteiger partial charge in [0.25, 0.3) is 0 Å². The van der Waals surface area contributed by atoms with Gasteiger partial charge in [-0.2, -0.15) is 0 Å². The fourth-order valence-electron chi connectivity index (χ4n) is 3.20. The van der Waals surface area contributed by atoms with E-state index in [-0.39, 0.29) is 0 Å². The molecule has 6 rings (SSSR count). The van der Waals surface area contributed by atoms with Crippen molar-refractivity contribution >= 4 is 71.8 Å². The van der Waals surface area contributed by atoms with Crippen molar-refractivity contribution in [2.75, 3.05) is 0 Å². The standard InChI is InChI=1S/C12H14N2Si.C9H6N2.C7H5IN2.C5H10Si/c1-15(2,3)7-5-10-8-11-4-6-13-12(11)14-9-10;1-2-7-5-8-3-4-10-9(8)11-6-7;8-6-3-5-1-2-9-7(5)10-4-6;1-5-6(2,3)4/h4,6,8-9H,1-3H3,(H,13,14);1,3-6H,(H,10,11);1-4H,(H,9,10);1H,2-4H3. The second kappa shape index (κ2) is 14.7. The van der Waals surface area contributed by atoms with Gasteiger partial charge >= 0.3 is 0 Å². The summed E-state index contributed by atoms with van der Waals surface area (Å²) in [6.45, 7) is 13.2. The molecule has 0 aliphatic carbocycles. The van der Waals surface area contributed by atoms with Gasteiger partial charge < -0.3 is 15.0 Å². The summed E-state index contributed by atoms with van der Waals surface area (Å²) in [6.07, 6.45) is 21.3. The van der Waals surface area contributed by atoms with Crippen molar-refractivity contribution in [3.63, 3.8) is 0 Å². The van der Waals surface area contributed by atoms with Gasteiger partial charge in [-0.1, -0.05) is 51.1 Å². The normalized spacial score (nSPS) is 10.5. The van der Waals surface area contributed by atoms with Crippen LogP contribution in [0.25, 0.3) is 33.1 Å². The molecule has 0 atom stereocenters. The van der Waals surface area contributed by atoms with Crippen LogP contribution in [0.1, 0.15) is 11.1 Å². The highest BCUT2D eigenvalue weighted by atomic mass is 127. The number of rotatable bonds is 0. The summed E-state index contributed by atoms with van der Waals surface area (Å²) in [4.78, 5) is 21.7. The number of nitrogens with one attached hydrogen (secondary N) is 3. The van der Waals surface area contributed by atoms with Crippen molar-refractivity contribution in [3.8, 4) is 35.8 Å². The molecule has 6 aromatic heterocycles. The fraction of sp³-hybridized carbons (Fsp3) is 0.182. The SMILES string of the molecule is C#C[Si](C)(C)C.C#Cc1cnc2[nH]ccc2c1.C[Si](C)(C)C#Cc1cnc2[nH]ccc2c1.Ic1cnc2[nH]ccc2c1. The second-order valence-corrected chi connectivity index (χ2v) is 22.2. The van der Waals surface area contributed by atoms with Gasteiger partial charge in [0.2, 0.25) is 0 Å². The Morgan fingerprint density at radius 3 is 1.52 bits per heavy atom. The molecular formula is C33H35IN6Si2. The van der Waals surface area contributed by atoms with Crippen molar-refractivity contribution in [2.24, 2.45) is 0 Å². The van der Waals surface area contributed by atoms with Gasteiger partial charge in [0, 0.05) is 68.0 Å². The van der Waals surface area contributed by atoms with Crippen LogP contribution in [0.4, 0.5) is 0 Å². The van der Waals surface area contributed by atoms with Crippen LogP contribution in [0.15, 0.2) is 73.6 Å². The number of hydrogen-bond donors (Lipinski definition) is 3. The summed E-state index contributed by atoms with van der Waals surface area (Å²) in [5, 5.41) is 3.35. The van der Waals surface area contributed by atoms with E-state index >= 15 is 0 Å². The van der Waals surface area contributed by atoms with E-state index in [1.54, 1.807) is 6.20 Å². The maximum atomic E-state index is 5.21. The molecule has 6 aromatic rings. The predicted octanol–water partition coefficient (Wildman–Crippen LogP) is 8.00. The van der Waals surface area contributed by atoms with Crippen LogP contribution in [0, 0.1) is 39.3 Å². The first-order valence-electron chi connectivity index (χ1n) is 13.3.